The van der Waals surface area contributed by atoms with Gasteiger partial charge in [-0.25, -0.2) is 9.78 Å². The lowest BCUT2D eigenvalue weighted by Crippen LogP contribution is -2.29. The van der Waals surface area contributed by atoms with Crippen LogP contribution >= 0.6 is 11.3 Å². The Labute approximate surface area is 156 Å². The lowest BCUT2D eigenvalue weighted by molar-refractivity contribution is -0.143. The molecule has 1 amide bonds. The lowest BCUT2D eigenvalue weighted by Gasteiger charge is -2.12. The van der Waals surface area contributed by atoms with Gasteiger partial charge in [-0.2, -0.15) is 0 Å². The lowest BCUT2D eigenvalue weighted by atomic mass is 9.97. The topological polar surface area (TPSA) is 68.3 Å². The summed E-state index contributed by atoms with van der Waals surface area (Å²) in [4.78, 5) is 27.9. The van der Waals surface area contributed by atoms with E-state index in [-0.39, 0.29) is 12.5 Å². The summed E-state index contributed by atoms with van der Waals surface area (Å²) in [5.41, 5.74) is 2.31. The number of aromatic nitrogens is 1. The van der Waals surface area contributed by atoms with Gasteiger partial charge in [0.15, 0.2) is 6.61 Å². The molecule has 1 N–H and O–H groups in total. The highest BCUT2D eigenvalue weighted by Crippen LogP contribution is 2.22. The summed E-state index contributed by atoms with van der Waals surface area (Å²) >= 11 is 1.50. The molecule has 136 valence electrons. The number of carbonyl (C=O) groups excluding carboxylic acids is 2. The average molecular weight is 370 g/mol. The van der Waals surface area contributed by atoms with E-state index in [1.165, 1.54) is 35.8 Å². The van der Waals surface area contributed by atoms with E-state index in [1.54, 1.807) is 6.08 Å². The number of fused-ring (bicyclic) bond motifs is 1. The van der Waals surface area contributed by atoms with Gasteiger partial charge in [-0.15, -0.1) is 11.3 Å². The molecule has 6 heteroatoms. The second-order valence-electron chi connectivity index (χ2n) is 6.17. The molecule has 0 atom stereocenters. The number of esters is 1. The molecule has 3 rings (SSSR count). The van der Waals surface area contributed by atoms with Crippen LogP contribution in [0.3, 0.4) is 0 Å². The third-order valence-corrected chi connectivity index (χ3v) is 5.17. The van der Waals surface area contributed by atoms with Crippen LogP contribution in [0.5, 0.6) is 0 Å². The predicted octanol–water partition coefficient (Wildman–Crippen LogP) is 3.86. The largest absolute Gasteiger partial charge is 0.452 e. The molecule has 1 aromatic heterocycles. The molecule has 5 nitrogen and oxygen atoms in total. The van der Waals surface area contributed by atoms with Gasteiger partial charge in [0.25, 0.3) is 5.91 Å². The highest BCUT2D eigenvalue weighted by Gasteiger charge is 2.07. The van der Waals surface area contributed by atoms with Crippen molar-refractivity contribution in [1.82, 2.24) is 10.3 Å². The molecule has 26 heavy (non-hydrogen) atoms. The van der Waals surface area contributed by atoms with Crippen LogP contribution < -0.4 is 5.32 Å². The zero-order valence-corrected chi connectivity index (χ0v) is 15.4. The number of nitrogens with zero attached hydrogens (tertiary/aromatic N) is 1. The SMILES string of the molecule is O=C(COC(=O)C=Cc1nc2ccccc2s1)NCCC1=CCCCC1. The van der Waals surface area contributed by atoms with Crippen LogP contribution in [0.15, 0.2) is 42.0 Å². The summed E-state index contributed by atoms with van der Waals surface area (Å²) in [6, 6.07) is 7.78. The number of thiazole rings is 1. The molecule has 0 saturated carbocycles. The van der Waals surface area contributed by atoms with Gasteiger partial charge in [-0.1, -0.05) is 23.8 Å². The van der Waals surface area contributed by atoms with Gasteiger partial charge in [-0.05, 0) is 50.3 Å². The fourth-order valence-electron chi connectivity index (χ4n) is 2.83. The molecule has 1 heterocycles. The maximum Gasteiger partial charge on any atom is 0.331 e. The highest BCUT2D eigenvalue weighted by molar-refractivity contribution is 7.19. The van der Waals surface area contributed by atoms with Crippen molar-refractivity contribution in [3.8, 4) is 0 Å². The Morgan fingerprint density at radius 3 is 2.96 bits per heavy atom. The van der Waals surface area contributed by atoms with Crippen molar-refractivity contribution in [3.05, 3.63) is 47.0 Å². The minimum atomic E-state index is -0.547. The molecule has 1 aliphatic rings. The quantitative estimate of drug-likeness (QED) is 0.456. The van der Waals surface area contributed by atoms with Crippen LogP contribution in [0.4, 0.5) is 0 Å². The third kappa shape index (κ3) is 5.52. The van der Waals surface area contributed by atoms with Crippen molar-refractivity contribution < 1.29 is 14.3 Å². The zero-order chi connectivity index (χ0) is 18.2. The van der Waals surface area contributed by atoms with Gasteiger partial charge in [0.05, 0.1) is 10.2 Å². The first-order valence-electron chi connectivity index (χ1n) is 8.86. The van der Waals surface area contributed by atoms with Crippen LogP contribution in [-0.2, 0) is 14.3 Å². The smallest absolute Gasteiger partial charge is 0.331 e. The predicted molar refractivity (Wildman–Crippen MR) is 104 cm³/mol. The molecular weight excluding hydrogens is 348 g/mol. The van der Waals surface area contributed by atoms with Gasteiger partial charge in [-0.3, -0.25) is 4.79 Å². The molecule has 0 saturated heterocycles. The first-order chi connectivity index (χ1) is 12.7. The normalized spacial score (nSPS) is 14.4. The van der Waals surface area contributed by atoms with Gasteiger partial charge < -0.3 is 10.1 Å². The van der Waals surface area contributed by atoms with E-state index in [0.717, 1.165) is 34.5 Å². The van der Waals surface area contributed by atoms with Gasteiger partial charge >= 0.3 is 5.97 Å². The van der Waals surface area contributed by atoms with Crippen LogP contribution in [0.25, 0.3) is 16.3 Å². The molecule has 0 aliphatic heterocycles. The number of carbonyl (C=O) groups is 2. The van der Waals surface area contributed by atoms with Crippen LogP contribution in [0.2, 0.25) is 0 Å². The van der Waals surface area contributed by atoms with E-state index in [4.69, 9.17) is 4.74 Å². The van der Waals surface area contributed by atoms with Crippen molar-refractivity contribution in [2.75, 3.05) is 13.2 Å². The van der Waals surface area contributed by atoms with E-state index in [1.807, 2.05) is 24.3 Å². The monoisotopic (exact) mass is 370 g/mol. The third-order valence-electron chi connectivity index (χ3n) is 4.17. The molecule has 1 aromatic carbocycles. The minimum Gasteiger partial charge on any atom is -0.452 e. The first kappa shape index (κ1) is 18.3. The maximum absolute atomic E-state index is 11.7. The van der Waals surface area contributed by atoms with Crippen LogP contribution in [0, 0.1) is 0 Å². The molecular formula is C20H22N2O3S. The second-order valence-corrected chi connectivity index (χ2v) is 7.23. The Hall–Kier alpha value is -2.47. The summed E-state index contributed by atoms with van der Waals surface area (Å²) in [6.07, 6.45) is 10.8. The fourth-order valence-corrected chi connectivity index (χ4v) is 3.70. The van der Waals surface area contributed by atoms with Crippen molar-refractivity contribution >= 4 is 39.5 Å². The van der Waals surface area contributed by atoms with E-state index in [2.05, 4.69) is 16.4 Å². The Morgan fingerprint density at radius 2 is 2.15 bits per heavy atom. The zero-order valence-electron chi connectivity index (χ0n) is 14.6. The van der Waals surface area contributed by atoms with Gasteiger partial charge in [0.1, 0.15) is 5.01 Å². The number of hydrogen-bond donors (Lipinski definition) is 1. The van der Waals surface area contributed by atoms with E-state index < -0.39 is 5.97 Å². The fraction of sp³-hybridized carbons (Fsp3) is 0.350. The van der Waals surface area contributed by atoms with Crippen molar-refractivity contribution in [3.63, 3.8) is 0 Å². The first-order valence-corrected chi connectivity index (χ1v) is 9.67. The van der Waals surface area contributed by atoms with Gasteiger partial charge in [0.2, 0.25) is 0 Å². The average Bonchev–Trinajstić information content (AvgIpc) is 3.08. The van der Waals surface area contributed by atoms with Crippen LogP contribution in [-0.4, -0.2) is 30.0 Å². The number of ether oxygens (including phenoxy) is 1. The van der Waals surface area contributed by atoms with Crippen molar-refractivity contribution in [2.24, 2.45) is 0 Å². The minimum absolute atomic E-state index is 0.262. The van der Waals surface area contributed by atoms with Gasteiger partial charge in [0, 0.05) is 12.6 Å². The van der Waals surface area contributed by atoms with Crippen molar-refractivity contribution in [1.29, 1.82) is 0 Å². The standard InChI is InChI=1S/C20H22N2O3S/c23-18(21-13-12-15-6-2-1-3-7-15)14-25-20(24)11-10-19-22-16-8-4-5-9-17(16)26-19/h4-6,8-11H,1-3,7,12-14H2,(H,21,23). The Morgan fingerprint density at radius 1 is 1.27 bits per heavy atom. The number of para-hydroxylation sites is 1. The molecule has 0 unspecified atom stereocenters. The molecule has 2 aromatic rings. The number of hydrogen-bond acceptors (Lipinski definition) is 5. The number of benzene rings is 1. The molecule has 1 aliphatic carbocycles. The molecule has 0 fully saturated rings. The van der Waals surface area contributed by atoms with E-state index >= 15 is 0 Å². The number of amides is 1. The molecule has 0 radical (unpaired) electrons. The summed E-state index contributed by atoms with van der Waals surface area (Å²) in [5, 5.41) is 3.52. The maximum atomic E-state index is 11.7. The van der Waals surface area contributed by atoms with E-state index in [9.17, 15) is 9.59 Å². The highest BCUT2D eigenvalue weighted by atomic mass is 32.1. The Balaban J connectivity index is 1.37. The van der Waals surface area contributed by atoms with Crippen LogP contribution in [0.1, 0.15) is 37.1 Å². The number of nitrogens with one attached hydrogen (secondary N) is 1. The Bertz CT molecular complexity index is 805. The summed E-state index contributed by atoms with van der Waals surface area (Å²) < 4.78 is 6.03. The Kier molecular flexibility index (Phi) is 6.55. The number of rotatable bonds is 7. The van der Waals surface area contributed by atoms with E-state index in [0.29, 0.717) is 6.54 Å². The number of allylic oxidation sites excluding steroid dienone is 1. The molecule has 0 spiro atoms. The summed E-state index contributed by atoms with van der Waals surface area (Å²) in [6.45, 7) is 0.325. The summed E-state index contributed by atoms with van der Waals surface area (Å²) in [7, 11) is 0. The second kappa shape index (κ2) is 9.29. The van der Waals surface area contributed by atoms with Crippen molar-refractivity contribution in [2.45, 2.75) is 32.1 Å². The summed E-state index contributed by atoms with van der Waals surface area (Å²) in [5.74, 6) is -0.822. The molecule has 0 bridgehead atoms.